The van der Waals surface area contributed by atoms with Gasteiger partial charge in [0.2, 0.25) is 0 Å². The molecule has 3 rings (SSSR count). The van der Waals surface area contributed by atoms with E-state index in [-0.39, 0.29) is 0 Å². The summed E-state index contributed by atoms with van der Waals surface area (Å²) in [5, 5.41) is 8.25. The number of hydrogen-bond acceptors (Lipinski definition) is 3. The average molecular weight is 262 g/mol. The lowest BCUT2D eigenvalue weighted by Crippen LogP contribution is -2.46. The van der Waals surface area contributed by atoms with Crippen LogP contribution in [-0.4, -0.2) is 39.9 Å². The molecule has 4 nitrogen and oxygen atoms in total. The molecular weight excluding hydrogens is 236 g/mol. The van der Waals surface area contributed by atoms with E-state index < -0.39 is 0 Å². The van der Waals surface area contributed by atoms with Crippen molar-refractivity contribution in [3.63, 3.8) is 0 Å². The lowest BCUT2D eigenvalue weighted by atomic mass is 9.98. The van der Waals surface area contributed by atoms with Gasteiger partial charge in [-0.15, -0.1) is 0 Å². The molecule has 2 atom stereocenters. The lowest BCUT2D eigenvalue weighted by molar-refractivity contribution is 0.165. The summed E-state index contributed by atoms with van der Waals surface area (Å²) in [6.45, 7) is 5.34. The summed E-state index contributed by atoms with van der Waals surface area (Å²) in [5.74, 6) is 0. The molecule has 4 heteroatoms. The monoisotopic (exact) mass is 262 g/mol. The van der Waals surface area contributed by atoms with Crippen LogP contribution in [0.3, 0.4) is 0 Å². The van der Waals surface area contributed by atoms with Crippen LogP contribution in [0.5, 0.6) is 0 Å². The third-order valence-electron chi connectivity index (χ3n) is 5.14. The van der Waals surface area contributed by atoms with Gasteiger partial charge in [0.25, 0.3) is 0 Å². The van der Waals surface area contributed by atoms with Crippen LogP contribution in [0.25, 0.3) is 0 Å². The van der Waals surface area contributed by atoms with Crippen molar-refractivity contribution in [3.8, 4) is 0 Å². The molecule has 2 aliphatic heterocycles. The molecular formula is C15H26N4. The van der Waals surface area contributed by atoms with E-state index in [0.29, 0.717) is 0 Å². The maximum Gasteiger partial charge on any atom is 0.0641 e. The van der Waals surface area contributed by atoms with E-state index >= 15 is 0 Å². The van der Waals surface area contributed by atoms with Crippen molar-refractivity contribution in [1.82, 2.24) is 20.0 Å². The number of nitrogens with zero attached hydrogens (tertiary/aromatic N) is 3. The van der Waals surface area contributed by atoms with Gasteiger partial charge in [0.15, 0.2) is 0 Å². The number of aryl methyl sites for hydroxylation is 2. The highest BCUT2D eigenvalue weighted by Gasteiger charge is 2.35. The number of fused-ring (bicyclic) bond motifs is 2. The Bertz CT molecular complexity index is 453. The van der Waals surface area contributed by atoms with Crippen molar-refractivity contribution in [2.45, 2.75) is 64.2 Å². The second-order valence-corrected chi connectivity index (χ2v) is 6.45. The maximum atomic E-state index is 4.53. The number of hydrogen-bond donors (Lipinski definition) is 1. The quantitative estimate of drug-likeness (QED) is 0.901. The zero-order chi connectivity index (χ0) is 13.6. The molecule has 2 bridgehead atoms. The minimum Gasteiger partial charge on any atom is -0.311 e. The predicted octanol–water partition coefficient (Wildman–Crippen LogP) is 1.75. The molecule has 0 aliphatic carbocycles. The summed E-state index contributed by atoms with van der Waals surface area (Å²) in [6.07, 6.45) is 5.37. The Morgan fingerprint density at radius 3 is 2.42 bits per heavy atom. The summed E-state index contributed by atoms with van der Waals surface area (Å²) >= 11 is 0. The van der Waals surface area contributed by atoms with Gasteiger partial charge in [-0.05, 0) is 46.6 Å². The fourth-order valence-electron chi connectivity index (χ4n) is 3.81. The SMILES string of the molecule is Cc1nn(C)c(C)c1CN(C)C1CC2CCC(C1)N2. The molecule has 106 valence electrons. The fourth-order valence-corrected chi connectivity index (χ4v) is 3.81. The number of rotatable bonds is 3. The molecule has 2 fully saturated rings. The molecule has 0 spiro atoms. The van der Waals surface area contributed by atoms with Crippen LogP contribution in [0, 0.1) is 13.8 Å². The van der Waals surface area contributed by atoms with Crippen molar-refractivity contribution in [2.24, 2.45) is 7.05 Å². The van der Waals surface area contributed by atoms with Crippen LogP contribution in [0.4, 0.5) is 0 Å². The van der Waals surface area contributed by atoms with Crippen LogP contribution in [0.2, 0.25) is 0 Å². The zero-order valence-corrected chi connectivity index (χ0v) is 12.6. The largest absolute Gasteiger partial charge is 0.311 e. The highest BCUT2D eigenvalue weighted by atomic mass is 15.3. The summed E-state index contributed by atoms with van der Waals surface area (Å²) in [4.78, 5) is 2.54. The molecule has 19 heavy (non-hydrogen) atoms. The second-order valence-electron chi connectivity index (χ2n) is 6.45. The van der Waals surface area contributed by atoms with Gasteiger partial charge in [-0.3, -0.25) is 9.58 Å². The van der Waals surface area contributed by atoms with Crippen molar-refractivity contribution in [1.29, 1.82) is 0 Å². The Morgan fingerprint density at radius 2 is 1.89 bits per heavy atom. The molecule has 1 aromatic rings. The van der Waals surface area contributed by atoms with Gasteiger partial charge in [0.1, 0.15) is 0 Å². The van der Waals surface area contributed by atoms with Crippen LogP contribution < -0.4 is 5.32 Å². The zero-order valence-electron chi connectivity index (χ0n) is 12.6. The minimum atomic E-state index is 0.734. The number of nitrogens with one attached hydrogen (secondary N) is 1. The maximum absolute atomic E-state index is 4.53. The Labute approximate surface area is 116 Å². The van der Waals surface area contributed by atoms with Gasteiger partial charge < -0.3 is 5.32 Å². The van der Waals surface area contributed by atoms with Crippen molar-refractivity contribution < 1.29 is 0 Å². The van der Waals surface area contributed by atoms with Crippen LogP contribution >= 0.6 is 0 Å². The van der Waals surface area contributed by atoms with E-state index in [4.69, 9.17) is 0 Å². The summed E-state index contributed by atoms with van der Waals surface area (Å²) in [6, 6.07) is 2.27. The topological polar surface area (TPSA) is 33.1 Å². The average Bonchev–Trinajstić information content (AvgIpc) is 2.83. The Balaban J connectivity index is 1.69. The second kappa shape index (κ2) is 4.91. The molecule has 2 unspecified atom stereocenters. The molecule has 1 N–H and O–H groups in total. The van der Waals surface area contributed by atoms with Gasteiger partial charge in [-0.1, -0.05) is 0 Å². The first-order valence-corrected chi connectivity index (χ1v) is 7.50. The van der Waals surface area contributed by atoms with E-state index in [0.717, 1.165) is 24.7 Å². The van der Waals surface area contributed by atoms with E-state index in [2.05, 4.69) is 36.2 Å². The number of aromatic nitrogens is 2. The predicted molar refractivity (Wildman–Crippen MR) is 77.1 cm³/mol. The molecule has 0 radical (unpaired) electrons. The summed E-state index contributed by atoms with van der Waals surface area (Å²) in [7, 11) is 4.32. The van der Waals surface area contributed by atoms with Gasteiger partial charge in [0, 0.05) is 43.0 Å². The smallest absolute Gasteiger partial charge is 0.0641 e. The van der Waals surface area contributed by atoms with Gasteiger partial charge in [0.05, 0.1) is 5.69 Å². The molecule has 0 saturated carbocycles. The minimum absolute atomic E-state index is 0.734. The lowest BCUT2D eigenvalue weighted by Gasteiger charge is -2.35. The van der Waals surface area contributed by atoms with Gasteiger partial charge in [-0.25, -0.2) is 0 Å². The first kappa shape index (κ1) is 13.1. The molecule has 3 heterocycles. The first-order valence-electron chi connectivity index (χ1n) is 7.50. The summed E-state index contributed by atoms with van der Waals surface area (Å²) < 4.78 is 2.00. The Kier molecular flexibility index (Phi) is 3.39. The molecule has 2 aliphatic rings. The normalized spacial score (nSPS) is 30.3. The van der Waals surface area contributed by atoms with Crippen molar-refractivity contribution in [2.75, 3.05) is 7.05 Å². The molecule has 0 amide bonds. The molecule has 1 aromatic heterocycles. The van der Waals surface area contributed by atoms with Crippen molar-refractivity contribution in [3.05, 3.63) is 17.0 Å². The highest BCUT2D eigenvalue weighted by Crippen LogP contribution is 2.30. The number of piperidine rings is 1. The highest BCUT2D eigenvalue weighted by molar-refractivity contribution is 5.24. The van der Waals surface area contributed by atoms with Crippen molar-refractivity contribution >= 4 is 0 Å². The first-order chi connectivity index (χ1) is 9.04. The summed E-state index contributed by atoms with van der Waals surface area (Å²) in [5.41, 5.74) is 3.90. The van der Waals surface area contributed by atoms with E-state index in [1.54, 1.807) is 0 Å². The van der Waals surface area contributed by atoms with Crippen LogP contribution in [0.1, 0.15) is 42.6 Å². The van der Waals surface area contributed by atoms with Crippen LogP contribution in [-0.2, 0) is 13.6 Å². The van der Waals surface area contributed by atoms with E-state index in [9.17, 15) is 0 Å². The third-order valence-corrected chi connectivity index (χ3v) is 5.14. The Morgan fingerprint density at radius 1 is 1.26 bits per heavy atom. The molecule has 2 saturated heterocycles. The van der Waals surface area contributed by atoms with Gasteiger partial charge in [-0.2, -0.15) is 5.10 Å². The standard InChI is InChI=1S/C15H26N4/c1-10-15(11(2)19(4)17-10)9-18(3)14-7-12-5-6-13(8-14)16-12/h12-14,16H,5-9H2,1-4H3. The third kappa shape index (κ3) is 2.43. The van der Waals surface area contributed by atoms with Crippen LogP contribution in [0.15, 0.2) is 0 Å². The van der Waals surface area contributed by atoms with Gasteiger partial charge >= 0.3 is 0 Å². The fraction of sp³-hybridized carbons (Fsp3) is 0.800. The Hall–Kier alpha value is -0.870. The van der Waals surface area contributed by atoms with E-state index in [1.807, 2.05) is 11.7 Å². The van der Waals surface area contributed by atoms with E-state index in [1.165, 1.54) is 42.6 Å². The molecule has 0 aromatic carbocycles.